The molecule has 0 atom stereocenters. The molecule has 2 aromatic carbocycles. The van der Waals surface area contributed by atoms with Crippen LogP contribution in [0.15, 0.2) is 48.5 Å². The molecule has 0 unspecified atom stereocenters. The van der Waals surface area contributed by atoms with Crippen LogP contribution < -0.4 is 15.5 Å². The molecule has 2 heterocycles. The first-order valence-electron chi connectivity index (χ1n) is 10.4. The van der Waals surface area contributed by atoms with Crippen molar-refractivity contribution in [1.82, 2.24) is 9.88 Å². The van der Waals surface area contributed by atoms with Crippen LogP contribution in [0.25, 0.3) is 10.9 Å². The van der Waals surface area contributed by atoms with E-state index >= 15 is 0 Å². The van der Waals surface area contributed by atoms with Crippen LogP contribution >= 0.6 is 11.6 Å². The molecule has 1 fully saturated rings. The molecule has 9 heteroatoms. The number of rotatable bonds is 6. The van der Waals surface area contributed by atoms with Gasteiger partial charge in [0.1, 0.15) is 11.6 Å². The molecule has 0 radical (unpaired) electrons. The predicted octanol–water partition coefficient (Wildman–Crippen LogP) is 4.44. The van der Waals surface area contributed by atoms with Gasteiger partial charge >= 0.3 is 6.03 Å². The van der Waals surface area contributed by atoms with E-state index in [1.807, 2.05) is 24.3 Å². The van der Waals surface area contributed by atoms with Crippen LogP contribution in [-0.2, 0) is 4.74 Å². The zero-order valence-corrected chi connectivity index (χ0v) is 18.5. The molecule has 1 saturated heterocycles. The van der Waals surface area contributed by atoms with Crippen molar-refractivity contribution in [3.63, 3.8) is 0 Å². The number of amides is 2. The third kappa shape index (κ3) is 5.20. The summed E-state index contributed by atoms with van der Waals surface area (Å²) in [5.74, 6) is 0.418. The maximum Gasteiger partial charge on any atom is 0.321 e. The number of carbonyl (C=O) groups excluding carboxylic acids is 1. The number of halogens is 2. The van der Waals surface area contributed by atoms with E-state index in [1.165, 1.54) is 12.1 Å². The second-order valence-electron chi connectivity index (χ2n) is 7.52. The number of nitrogens with one attached hydrogen (secondary N) is 2. The third-order valence-electron chi connectivity index (χ3n) is 5.37. The van der Waals surface area contributed by atoms with Gasteiger partial charge in [-0.15, -0.1) is 0 Å². The molecule has 168 valence electrons. The van der Waals surface area contributed by atoms with Gasteiger partial charge in [-0.05, 0) is 42.5 Å². The van der Waals surface area contributed by atoms with Crippen LogP contribution in [0.3, 0.4) is 0 Å². The highest BCUT2D eigenvalue weighted by molar-refractivity contribution is 6.31. The van der Waals surface area contributed by atoms with Crippen molar-refractivity contribution in [1.29, 1.82) is 0 Å². The molecular weight excluding hydrogens is 433 g/mol. The first-order valence-corrected chi connectivity index (χ1v) is 10.8. The lowest BCUT2D eigenvalue weighted by molar-refractivity contribution is 0.208. The molecule has 7 nitrogen and oxygen atoms in total. The number of hydrogen-bond donors (Lipinski definition) is 2. The largest absolute Gasteiger partial charge is 0.383 e. The van der Waals surface area contributed by atoms with Crippen LogP contribution in [-0.4, -0.2) is 62.4 Å². The number of benzene rings is 2. The number of piperazine rings is 1. The number of fused-ring (bicyclic) bond motifs is 1. The van der Waals surface area contributed by atoms with Crippen molar-refractivity contribution in [3.05, 3.63) is 59.4 Å². The Balaban J connectivity index is 1.47. The van der Waals surface area contributed by atoms with E-state index in [2.05, 4.69) is 20.5 Å². The van der Waals surface area contributed by atoms with Gasteiger partial charge in [0, 0.05) is 67.7 Å². The predicted molar refractivity (Wildman–Crippen MR) is 126 cm³/mol. The van der Waals surface area contributed by atoms with Crippen molar-refractivity contribution >= 4 is 45.7 Å². The number of nitrogens with zero attached hydrogens (tertiary/aromatic N) is 3. The minimum atomic E-state index is -0.335. The number of urea groups is 1. The fourth-order valence-corrected chi connectivity index (χ4v) is 3.87. The fourth-order valence-electron chi connectivity index (χ4n) is 3.70. The van der Waals surface area contributed by atoms with Gasteiger partial charge in [0.2, 0.25) is 0 Å². The summed E-state index contributed by atoms with van der Waals surface area (Å²) >= 11 is 6.20. The van der Waals surface area contributed by atoms with Gasteiger partial charge < -0.3 is 25.2 Å². The lowest BCUT2D eigenvalue weighted by atomic mass is 10.1. The maximum absolute atomic E-state index is 13.1. The summed E-state index contributed by atoms with van der Waals surface area (Å²) in [5.41, 5.74) is 2.43. The number of hydrogen-bond acceptors (Lipinski definition) is 5. The van der Waals surface area contributed by atoms with E-state index in [0.717, 1.165) is 22.4 Å². The Kier molecular flexibility index (Phi) is 6.92. The smallest absolute Gasteiger partial charge is 0.321 e. The zero-order valence-electron chi connectivity index (χ0n) is 17.8. The lowest BCUT2D eigenvalue weighted by Gasteiger charge is -2.36. The summed E-state index contributed by atoms with van der Waals surface area (Å²) < 4.78 is 18.2. The highest BCUT2D eigenvalue weighted by Gasteiger charge is 2.23. The van der Waals surface area contributed by atoms with E-state index in [1.54, 1.807) is 24.1 Å². The van der Waals surface area contributed by atoms with Crippen LogP contribution in [0.2, 0.25) is 5.02 Å². The minimum absolute atomic E-state index is 0.190. The Morgan fingerprint density at radius 2 is 1.88 bits per heavy atom. The summed E-state index contributed by atoms with van der Waals surface area (Å²) in [5, 5.41) is 7.75. The molecule has 1 aliphatic heterocycles. The summed E-state index contributed by atoms with van der Waals surface area (Å²) in [6.45, 7) is 3.71. The highest BCUT2D eigenvalue weighted by atomic mass is 35.5. The van der Waals surface area contributed by atoms with E-state index in [4.69, 9.17) is 16.3 Å². The SMILES string of the molecule is COCCNc1cc(N2CCN(C(=O)Nc3ccc(F)cc3)CC2)c2ccc(Cl)cc2n1. The molecule has 1 aliphatic rings. The fraction of sp³-hybridized carbons (Fsp3) is 0.304. The standard InChI is InChI=1S/C23H25ClFN5O2/c1-32-13-8-26-22-15-21(19-7-2-16(24)14-20(19)28-22)29-9-11-30(12-10-29)23(31)27-18-5-3-17(25)4-6-18/h2-7,14-15H,8-13H2,1H3,(H,26,28)(H,27,31). The normalized spacial score (nSPS) is 14.0. The molecule has 3 aromatic rings. The van der Waals surface area contributed by atoms with Crippen molar-refractivity contribution in [2.75, 3.05) is 62.0 Å². The Morgan fingerprint density at radius 1 is 1.12 bits per heavy atom. The molecule has 2 N–H and O–H groups in total. The number of pyridine rings is 1. The average Bonchev–Trinajstić information content (AvgIpc) is 2.80. The van der Waals surface area contributed by atoms with Gasteiger partial charge in [0.25, 0.3) is 0 Å². The van der Waals surface area contributed by atoms with Gasteiger partial charge in [-0.1, -0.05) is 11.6 Å². The van der Waals surface area contributed by atoms with Crippen LogP contribution in [0.4, 0.5) is 26.4 Å². The second kappa shape index (κ2) is 10.0. The van der Waals surface area contributed by atoms with Gasteiger partial charge in [-0.25, -0.2) is 14.2 Å². The lowest BCUT2D eigenvalue weighted by Crippen LogP contribution is -2.50. The number of carbonyl (C=O) groups is 1. The Hall–Kier alpha value is -3.10. The Morgan fingerprint density at radius 3 is 2.59 bits per heavy atom. The minimum Gasteiger partial charge on any atom is -0.383 e. The van der Waals surface area contributed by atoms with E-state index in [-0.39, 0.29) is 11.8 Å². The van der Waals surface area contributed by atoms with Crippen LogP contribution in [0.1, 0.15) is 0 Å². The topological polar surface area (TPSA) is 69.7 Å². The summed E-state index contributed by atoms with van der Waals surface area (Å²) in [4.78, 5) is 21.3. The summed E-state index contributed by atoms with van der Waals surface area (Å²) in [6, 6.07) is 13.3. The molecule has 32 heavy (non-hydrogen) atoms. The molecule has 0 aliphatic carbocycles. The number of anilines is 3. The van der Waals surface area contributed by atoms with Crippen molar-refractivity contribution in [2.45, 2.75) is 0 Å². The first-order chi connectivity index (χ1) is 15.5. The number of methoxy groups -OCH3 is 1. The first kappa shape index (κ1) is 22.1. The number of ether oxygens (including phenoxy) is 1. The van der Waals surface area contributed by atoms with E-state index in [0.29, 0.717) is 50.0 Å². The average molecular weight is 458 g/mol. The monoisotopic (exact) mass is 457 g/mol. The van der Waals surface area contributed by atoms with Crippen LogP contribution in [0.5, 0.6) is 0 Å². The quantitative estimate of drug-likeness (QED) is 0.535. The third-order valence-corrected chi connectivity index (χ3v) is 5.60. The van der Waals surface area contributed by atoms with E-state index < -0.39 is 0 Å². The van der Waals surface area contributed by atoms with Gasteiger partial charge in [-0.3, -0.25) is 0 Å². The van der Waals surface area contributed by atoms with Crippen molar-refractivity contribution in [3.8, 4) is 0 Å². The van der Waals surface area contributed by atoms with E-state index in [9.17, 15) is 9.18 Å². The number of aromatic nitrogens is 1. The zero-order chi connectivity index (χ0) is 22.5. The molecule has 0 saturated carbocycles. The van der Waals surface area contributed by atoms with Crippen molar-refractivity contribution in [2.24, 2.45) is 0 Å². The van der Waals surface area contributed by atoms with Gasteiger partial charge in [-0.2, -0.15) is 0 Å². The Labute approximate surface area is 191 Å². The maximum atomic E-state index is 13.1. The molecule has 4 rings (SSSR count). The van der Waals surface area contributed by atoms with Crippen LogP contribution in [0, 0.1) is 5.82 Å². The summed E-state index contributed by atoms with van der Waals surface area (Å²) in [7, 11) is 1.66. The molecule has 0 spiro atoms. The second-order valence-corrected chi connectivity index (χ2v) is 7.96. The molecule has 2 amide bonds. The summed E-state index contributed by atoms with van der Waals surface area (Å²) in [6.07, 6.45) is 0. The van der Waals surface area contributed by atoms with Gasteiger partial charge in [0.05, 0.1) is 12.1 Å². The molecular formula is C23H25ClFN5O2. The molecule has 1 aromatic heterocycles. The van der Waals surface area contributed by atoms with Gasteiger partial charge in [0.15, 0.2) is 0 Å². The Bertz CT molecular complexity index is 1090. The van der Waals surface area contributed by atoms with Crippen molar-refractivity contribution < 1.29 is 13.9 Å². The molecule has 0 bridgehead atoms. The highest BCUT2D eigenvalue weighted by Crippen LogP contribution is 2.31.